The van der Waals surface area contributed by atoms with E-state index in [-0.39, 0.29) is 29.0 Å². The number of hydrogen-bond donors (Lipinski definition) is 2. The van der Waals surface area contributed by atoms with Gasteiger partial charge < -0.3 is 19.4 Å². The molecule has 144 valence electrons. The summed E-state index contributed by atoms with van der Waals surface area (Å²) >= 11 is 0. The SMILES string of the molecule is C=CCOc1cc(C(=O)O)nc2c(CCC)c3oc(C(=O)O)cc(=O)c3cc12. The molecule has 0 atom stereocenters. The number of rotatable bonds is 7. The Labute approximate surface area is 158 Å². The monoisotopic (exact) mass is 383 g/mol. The van der Waals surface area contributed by atoms with Crippen molar-refractivity contribution in [3.8, 4) is 5.75 Å². The molecule has 8 nitrogen and oxygen atoms in total. The van der Waals surface area contributed by atoms with Crippen molar-refractivity contribution in [1.29, 1.82) is 0 Å². The molecule has 0 unspecified atom stereocenters. The summed E-state index contributed by atoms with van der Waals surface area (Å²) < 4.78 is 11.1. The zero-order valence-corrected chi connectivity index (χ0v) is 15.0. The van der Waals surface area contributed by atoms with Gasteiger partial charge in [-0.1, -0.05) is 26.0 Å². The lowest BCUT2D eigenvalue weighted by molar-refractivity contribution is 0.0660. The van der Waals surface area contributed by atoms with Crippen molar-refractivity contribution in [3.05, 3.63) is 58.1 Å². The summed E-state index contributed by atoms with van der Waals surface area (Å²) in [5.74, 6) is -2.87. The Morgan fingerprint density at radius 1 is 1.21 bits per heavy atom. The molecule has 2 N–H and O–H groups in total. The first kappa shape index (κ1) is 19.1. The number of nitrogens with zero attached hydrogens (tertiary/aromatic N) is 1. The molecule has 1 aromatic carbocycles. The summed E-state index contributed by atoms with van der Waals surface area (Å²) in [7, 11) is 0. The van der Waals surface area contributed by atoms with E-state index in [0.29, 0.717) is 29.3 Å². The lowest BCUT2D eigenvalue weighted by atomic mass is 10.00. The van der Waals surface area contributed by atoms with Gasteiger partial charge in [-0.15, -0.1) is 0 Å². The second-order valence-electron chi connectivity index (χ2n) is 6.07. The van der Waals surface area contributed by atoms with Gasteiger partial charge in [0.2, 0.25) is 5.76 Å². The quantitative estimate of drug-likeness (QED) is 0.470. The van der Waals surface area contributed by atoms with E-state index >= 15 is 0 Å². The number of pyridine rings is 1. The van der Waals surface area contributed by atoms with Crippen molar-refractivity contribution < 1.29 is 29.0 Å². The summed E-state index contributed by atoms with van der Waals surface area (Å²) in [5, 5.41) is 19.2. The van der Waals surface area contributed by atoms with Gasteiger partial charge >= 0.3 is 11.9 Å². The second kappa shape index (κ2) is 7.51. The van der Waals surface area contributed by atoms with Gasteiger partial charge in [0.25, 0.3) is 0 Å². The van der Waals surface area contributed by atoms with E-state index in [1.54, 1.807) is 0 Å². The molecule has 0 aliphatic heterocycles. The van der Waals surface area contributed by atoms with Crippen LogP contribution in [0.25, 0.3) is 21.9 Å². The van der Waals surface area contributed by atoms with Gasteiger partial charge in [-0.25, -0.2) is 14.6 Å². The Morgan fingerprint density at radius 3 is 2.57 bits per heavy atom. The minimum atomic E-state index is -1.37. The van der Waals surface area contributed by atoms with Crippen LogP contribution in [0.5, 0.6) is 5.75 Å². The number of aromatic nitrogens is 1. The van der Waals surface area contributed by atoms with Crippen LogP contribution in [0.15, 0.2) is 40.1 Å². The first-order chi connectivity index (χ1) is 13.4. The molecule has 0 radical (unpaired) electrons. The average molecular weight is 383 g/mol. The number of benzene rings is 1. The topological polar surface area (TPSA) is 127 Å². The van der Waals surface area contributed by atoms with Crippen LogP contribution in [-0.2, 0) is 6.42 Å². The van der Waals surface area contributed by atoms with Crippen molar-refractivity contribution in [3.63, 3.8) is 0 Å². The van der Waals surface area contributed by atoms with Gasteiger partial charge in [0.05, 0.1) is 10.9 Å². The molecule has 0 saturated heterocycles. The number of aromatic carboxylic acids is 2. The lowest BCUT2D eigenvalue weighted by Gasteiger charge is -2.13. The third-order valence-electron chi connectivity index (χ3n) is 4.14. The number of aryl methyl sites for hydroxylation is 1. The third kappa shape index (κ3) is 3.32. The maximum atomic E-state index is 12.5. The molecule has 2 heterocycles. The fraction of sp³-hybridized carbons (Fsp3) is 0.200. The minimum Gasteiger partial charge on any atom is -0.489 e. The fourth-order valence-electron chi connectivity index (χ4n) is 2.98. The summed E-state index contributed by atoms with van der Waals surface area (Å²) in [6, 6.07) is 3.68. The average Bonchev–Trinajstić information content (AvgIpc) is 2.66. The molecule has 28 heavy (non-hydrogen) atoms. The van der Waals surface area contributed by atoms with E-state index in [9.17, 15) is 24.6 Å². The normalized spacial score (nSPS) is 10.9. The van der Waals surface area contributed by atoms with Crippen molar-refractivity contribution >= 4 is 33.8 Å². The molecule has 0 fully saturated rings. The van der Waals surface area contributed by atoms with Gasteiger partial charge in [0, 0.05) is 23.1 Å². The molecule has 0 saturated carbocycles. The second-order valence-corrected chi connectivity index (χ2v) is 6.07. The van der Waals surface area contributed by atoms with Crippen LogP contribution in [0, 0.1) is 0 Å². The standard InChI is InChI=1S/C20H17NO7/c1-3-5-10-17-12(15(27-6-4-2)8-13(21-17)19(23)24)7-11-14(22)9-16(20(25)26)28-18(10)11/h4,7-9H,2-3,5-6H2,1H3,(H,23,24)(H,25,26). The van der Waals surface area contributed by atoms with Crippen LogP contribution in [0.3, 0.4) is 0 Å². The van der Waals surface area contributed by atoms with Crippen molar-refractivity contribution in [2.75, 3.05) is 6.61 Å². The van der Waals surface area contributed by atoms with Crippen molar-refractivity contribution in [2.24, 2.45) is 0 Å². The molecule has 0 spiro atoms. The molecule has 3 rings (SSSR count). The first-order valence-electron chi connectivity index (χ1n) is 8.52. The number of carboxylic acid groups (broad SMARTS) is 2. The van der Waals surface area contributed by atoms with Gasteiger partial charge in [-0.3, -0.25) is 4.79 Å². The number of fused-ring (bicyclic) bond motifs is 2. The van der Waals surface area contributed by atoms with Crippen molar-refractivity contribution in [2.45, 2.75) is 19.8 Å². The Morgan fingerprint density at radius 2 is 1.96 bits per heavy atom. The Bertz CT molecular complexity index is 1180. The van der Waals surface area contributed by atoms with E-state index in [4.69, 9.17) is 9.15 Å². The predicted octanol–water partition coefficient (Wildman–Crippen LogP) is 3.25. The maximum Gasteiger partial charge on any atom is 0.371 e. The number of ether oxygens (including phenoxy) is 1. The summed E-state index contributed by atoms with van der Waals surface area (Å²) in [6.07, 6.45) is 2.54. The molecule has 0 bridgehead atoms. The van der Waals surface area contributed by atoms with E-state index in [1.807, 2.05) is 6.92 Å². The van der Waals surface area contributed by atoms with Gasteiger partial charge in [-0.2, -0.15) is 0 Å². The highest BCUT2D eigenvalue weighted by Crippen LogP contribution is 2.33. The first-order valence-corrected chi connectivity index (χ1v) is 8.52. The smallest absolute Gasteiger partial charge is 0.371 e. The summed E-state index contributed by atoms with van der Waals surface area (Å²) in [5.41, 5.74) is 0.0830. The Balaban J connectivity index is 2.51. The molecule has 2 aromatic heterocycles. The Kier molecular flexibility index (Phi) is 5.12. The van der Waals surface area contributed by atoms with Gasteiger partial charge in [0.15, 0.2) is 11.1 Å². The van der Waals surface area contributed by atoms with Gasteiger partial charge in [-0.05, 0) is 12.5 Å². The van der Waals surface area contributed by atoms with Gasteiger partial charge in [0.1, 0.15) is 17.9 Å². The molecule has 8 heteroatoms. The fourth-order valence-corrected chi connectivity index (χ4v) is 2.98. The molecule has 3 aromatic rings. The highest BCUT2D eigenvalue weighted by Gasteiger charge is 2.21. The van der Waals surface area contributed by atoms with Crippen molar-refractivity contribution in [1.82, 2.24) is 4.98 Å². The molecular formula is C20H17NO7. The van der Waals surface area contributed by atoms with E-state index < -0.39 is 23.1 Å². The maximum absolute atomic E-state index is 12.5. The third-order valence-corrected chi connectivity index (χ3v) is 4.14. The largest absolute Gasteiger partial charge is 0.489 e. The Hall–Kier alpha value is -3.68. The summed E-state index contributed by atoms with van der Waals surface area (Å²) in [4.78, 5) is 39.5. The molecule has 0 aliphatic carbocycles. The van der Waals surface area contributed by atoms with Crippen LogP contribution in [0.4, 0.5) is 0 Å². The van der Waals surface area contributed by atoms with Crippen LogP contribution in [-0.4, -0.2) is 33.7 Å². The van der Waals surface area contributed by atoms with E-state index in [1.165, 1.54) is 18.2 Å². The minimum absolute atomic E-state index is 0.0870. The van der Waals surface area contributed by atoms with Crippen LogP contribution in [0.1, 0.15) is 40.0 Å². The van der Waals surface area contributed by atoms with Crippen LogP contribution < -0.4 is 10.2 Å². The van der Waals surface area contributed by atoms with E-state index in [2.05, 4.69) is 11.6 Å². The molecule has 0 aliphatic rings. The van der Waals surface area contributed by atoms with Crippen LogP contribution >= 0.6 is 0 Å². The summed E-state index contributed by atoms with van der Waals surface area (Å²) in [6.45, 7) is 5.59. The zero-order valence-electron chi connectivity index (χ0n) is 15.0. The van der Waals surface area contributed by atoms with Crippen LogP contribution in [0.2, 0.25) is 0 Å². The highest BCUT2D eigenvalue weighted by molar-refractivity contribution is 6.03. The zero-order chi connectivity index (χ0) is 20.4. The van der Waals surface area contributed by atoms with E-state index in [0.717, 1.165) is 6.07 Å². The number of hydrogen-bond acceptors (Lipinski definition) is 6. The molecule has 0 amide bonds. The highest BCUT2D eigenvalue weighted by atomic mass is 16.5. The molecular weight excluding hydrogens is 366 g/mol. The number of carboxylic acids is 2. The number of carbonyl (C=O) groups is 2. The predicted molar refractivity (Wildman–Crippen MR) is 101 cm³/mol. The lowest BCUT2D eigenvalue weighted by Crippen LogP contribution is -2.10.